The minimum Gasteiger partial charge on any atom is -0.480 e. The lowest BCUT2D eigenvalue weighted by Crippen LogP contribution is -2.41. The maximum absolute atomic E-state index is 13.4. The van der Waals surface area contributed by atoms with E-state index in [1.807, 2.05) is 49.6 Å². The first-order valence-electron chi connectivity index (χ1n) is 14.5. The number of nitrogens with one attached hydrogen (secondary N) is 1. The molecule has 1 saturated heterocycles. The number of likely N-dealkylation sites (tertiary alicyclic amines) is 1. The van der Waals surface area contributed by atoms with E-state index in [9.17, 15) is 14.7 Å². The number of carboxylic acid groups (broad SMARTS) is 1. The van der Waals surface area contributed by atoms with Crippen LogP contribution in [0.4, 0.5) is 0 Å². The fraction of sp³-hybridized carbons (Fsp3) is 0.562. The van der Waals surface area contributed by atoms with Crippen molar-refractivity contribution < 1.29 is 24.2 Å². The van der Waals surface area contributed by atoms with Crippen LogP contribution in [0.25, 0.3) is 11.1 Å². The molecule has 0 radical (unpaired) electrons. The molecule has 1 aliphatic carbocycles. The van der Waals surface area contributed by atoms with Crippen molar-refractivity contribution in [3.8, 4) is 11.1 Å². The van der Waals surface area contributed by atoms with Crippen LogP contribution in [-0.4, -0.2) is 78.4 Å². The second-order valence-corrected chi connectivity index (χ2v) is 12.1. The summed E-state index contributed by atoms with van der Waals surface area (Å²) in [6.45, 7) is 4.31. The summed E-state index contributed by atoms with van der Waals surface area (Å²) in [7, 11) is 1.78. The largest absolute Gasteiger partial charge is 0.480 e. The summed E-state index contributed by atoms with van der Waals surface area (Å²) in [6.07, 6.45) is 9.93. The van der Waals surface area contributed by atoms with Crippen LogP contribution in [0.2, 0.25) is 0 Å². The molecule has 218 valence electrons. The molecule has 0 aromatic heterocycles. The standard InChI is InChI=1S/C32H44N2O5S/c1-22-9-7-8-12-27(22)29-17-23(13-14-28(29)31(35)33-30(32(36)37)15-16-40-3)19-34-20-26(38-2)18-24(34)21-39-25-10-5-4-6-11-25/h7-9,12-14,17,24-26,30H,4-6,10-11,15-16,18-21H2,1-3H3,(H,33,35)(H,36,37)/t24-,26+,30+/m1/s1. The summed E-state index contributed by atoms with van der Waals surface area (Å²) in [4.78, 5) is 27.7. The van der Waals surface area contributed by atoms with Crippen molar-refractivity contribution in [2.45, 2.75) is 82.7 Å². The molecule has 8 heteroatoms. The van der Waals surface area contributed by atoms with Crippen LogP contribution in [-0.2, 0) is 20.8 Å². The Hall–Kier alpha value is -2.39. The van der Waals surface area contributed by atoms with E-state index in [1.165, 1.54) is 19.3 Å². The molecule has 1 heterocycles. The Bertz CT molecular complexity index is 1140. The van der Waals surface area contributed by atoms with Gasteiger partial charge in [0, 0.05) is 31.8 Å². The summed E-state index contributed by atoms with van der Waals surface area (Å²) in [6, 6.07) is 13.3. The van der Waals surface area contributed by atoms with Gasteiger partial charge in [-0.2, -0.15) is 11.8 Å². The summed E-state index contributed by atoms with van der Waals surface area (Å²) >= 11 is 1.57. The van der Waals surface area contributed by atoms with Gasteiger partial charge in [0.15, 0.2) is 0 Å². The third-order valence-electron chi connectivity index (χ3n) is 8.26. The van der Waals surface area contributed by atoms with Gasteiger partial charge in [-0.3, -0.25) is 9.69 Å². The first-order chi connectivity index (χ1) is 19.4. The Morgan fingerprint density at radius 2 is 1.88 bits per heavy atom. The molecule has 4 rings (SSSR count). The molecule has 3 atom stereocenters. The molecule has 0 bridgehead atoms. The smallest absolute Gasteiger partial charge is 0.326 e. The molecule has 1 saturated carbocycles. The van der Waals surface area contributed by atoms with Crippen molar-refractivity contribution in [3.63, 3.8) is 0 Å². The molecular formula is C32H44N2O5S. The van der Waals surface area contributed by atoms with Gasteiger partial charge in [-0.25, -0.2) is 4.79 Å². The van der Waals surface area contributed by atoms with Gasteiger partial charge in [0.25, 0.3) is 5.91 Å². The van der Waals surface area contributed by atoms with Gasteiger partial charge < -0.3 is 19.9 Å². The first-order valence-corrected chi connectivity index (χ1v) is 15.9. The number of hydrogen-bond donors (Lipinski definition) is 2. The molecule has 2 aliphatic rings. The number of carbonyl (C=O) groups excluding carboxylic acids is 1. The molecule has 40 heavy (non-hydrogen) atoms. The monoisotopic (exact) mass is 568 g/mol. The van der Waals surface area contributed by atoms with Crippen molar-refractivity contribution in [3.05, 3.63) is 59.2 Å². The number of amides is 1. The number of rotatable bonds is 13. The van der Waals surface area contributed by atoms with Crippen LogP contribution in [0, 0.1) is 6.92 Å². The van der Waals surface area contributed by atoms with Crippen molar-refractivity contribution in [2.24, 2.45) is 0 Å². The molecule has 7 nitrogen and oxygen atoms in total. The number of aliphatic carboxylic acids is 1. The first kappa shape index (κ1) is 30.6. The van der Waals surface area contributed by atoms with E-state index >= 15 is 0 Å². The highest BCUT2D eigenvalue weighted by Gasteiger charge is 2.33. The average Bonchev–Trinajstić information content (AvgIpc) is 3.36. The minimum absolute atomic E-state index is 0.176. The second-order valence-electron chi connectivity index (χ2n) is 11.1. The molecule has 2 aromatic carbocycles. The van der Waals surface area contributed by atoms with Crippen LogP contribution in [0.15, 0.2) is 42.5 Å². The Kier molecular flexibility index (Phi) is 11.5. The van der Waals surface area contributed by atoms with Gasteiger partial charge in [-0.05, 0) is 79.0 Å². The van der Waals surface area contributed by atoms with Gasteiger partial charge in [-0.1, -0.05) is 49.6 Å². The van der Waals surface area contributed by atoms with Crippen LogP contribution >= 0.6 is 11.8 Å². The zero-order valence-corrected chi connectivity index (χ0v) is 24.9. The Balaban J connectivity index is 1.56. The number of aryl methyl sites for hydroxylation is 1. The SMILES string of the molecule is CO[C@H]1C[C@H](COC2CCCCC2)N(Cc2ccc(C(=O)N[C@@H](CCSC)C(=O)O)c(-c3ccccc3C)c2)C1. The highest BCUT2D eigenvalue weighted by atomic mass is 32.2. The summed E-state index contributed by atoms with van der Waals surface area (Å²) in [5.74, 6) is -0.720. The van der Waals surface area contributed by atoms with E-state index in [2.05, 4.69) is 16.3 Å². The molecule has 0 unspecified atom stereocenters. The minimum atomic E-state index is -1.01. The summed E-state index contributed by atoms with van der Waals surface area (Å²) in [5.41, 5.74) is 4.44. The number of carbonyl (C=O) groups is 2. The fourth-order valence-electron chi connectivity index (χ4n) is 5.90. The van der Waals surface area contributed by atoms with Gasteiger partial charge in [0.05, 0.1) is 18.8 Å². The zero-order valence-electron chi connectivity index (χ0n) is 24.1. The van der Waals surface area contributed by atoms with Crippen molar-refractivity contribution in [2.75, 3.05) is 32.3 Å². The summed E-state index contributed by atoms with van der Waals surface area (Å²) in [5, 5.41) is 12.4. The quantitative estimate of drug-likeness (QED) is 0.328. The van der Waals surface area contributed by atoms with Crippen LogP contribution in [0.3, 0.4) is 0 Å². The third kappa shape index (κ3) is 8.09. The lowest BCUT2D eigenvalue weighted by atomic mass is 9.93. The molecule has 2 fully saturated rings. The van der Waals surface area contributed by atoms with E-state index in [-0.39, 0.29) is 18.1 Å². The number of hydrogen-bond acceptors (Lipinski definition) is 6. The highest BCUT2D eigenvalue weighted by Crippen LogP contribution is 2.31. The molecule has 1 amide bonds. The number of nitrogens with zero attached hydrogens (tertiary/aromatic N) is 1. The zero-order chi connectivity index (χ0) is 28.5. The van der Waals surface area contributed by atoms with Crippen LogP contribution < -0.4 is 5.32 Å². The fourth-order valence-corrected chi connectivity index (χ4v) is 6.38. The topological polar surface area (TPSA) is 88.1 Å². The molecule has 2 aromatic rings. The molecule has 2 N–H and O–H groups in total. The number of methoxy groups -OCH3 is 1. The third-order valence-corrected chi connectivity index (χ3v) is 8.91. The van der Waals surface area contributed by atoms with Gasteiger partial charge in [-0.15, -0.1) is 0 Å². The molecule has 1 aliphatic heterocycles. The van der Waals surface area contributed by atoms with E-state index < -0.39 is 12.0 Å². The Labute approximate surface area is 243 Å². The van der Waals surface area contributed by atoms with Gasteiger partial charge in [0.2, 0.25) is 0 Å². The predicted molar refractivity (Wildman–Crippen MR) is 161 cm³/mol. The Morgan fingerprint density at radius 1 is 1.10 bits per heavy atom. The van der Waals surface area contributed by atoms with Gasteiger partial charge in [0.1, 0.15) is 6.04 Å². The Morgan fingerprint density at radius 3 is 2.58 bits per heavy atom. The lowest BCUT2D eigenvalue weighted by molar-refractivity contribution is -0.139. The van der Waals surface area contributed by atoms with Crippen LogP contribution in [0.1, 0.15) is 66.4 Å². The van der Waals surface area contributed by atoms with Crippen molar-refractivity contribution in [1.29, 1.82) is 0 Å². The molecular weight excluding hydrogens is 524 g/mol. The maximum atomic E-state index is 13.4. The second kappa shape index (κ2) is 15.0. The van der Waals surface area contributed by atoms with E-state index in [4.69, 9.17) is 9.47 Å². The molecule has 0 spiro atoms. The number of benzene rings is 2. The lowest BCUT2D eigenvalue weighted by Gasteiger charge is -2.28. The summed E-state index contributed by atoms with van der Waals surface area (Å²) < 4.78 is 12.1. The van der Waals surface area contributed by atoms with E-state index in [0.717, 1.165) is 54.6 Å². The van der Waals surface area contributed by atoms with Crippen molar-refractivity contribution >= 4 is 23.6 Å². The maximum Gasteiger partial charge on any atom is 0.326 e. The van der Waals surface area contributed by atoms with E-state index in [0.29, 0.717) is 30.4 Å². The normalized spacial score (nSPS) is 20.9. The average molecular weight is 569 g/mol. The van der Waals surface area contributed by atoms with Gasteiger partial charge >= 0.3 is 5.97 Å². The van der Waals surface area contributed by atoms with Crippen LogP contribution in [0.5, 0.6) is 0 Å². The van der Waals surface area contributed by atoms with Crippen molar-refractivity contribution in [1.82, 2.24) is 10.2 Å². The number of ether oxygens (including phenoxy) is 2. The number of thioether (sulfide) groups is 1. The number of carboxylic acids is 1. The highest BCUT2D eigenvalue weighted by molar-refractivity contribution is 7.98. The predicted octanol–water partition coefficient (Wildman–Crippen LogP) is 5.54. The van der Waals surface area contributed by atoms with E-state index in [1.54, 1.807) is 18.9 Å².